The molecular formula is C27H32F4O. The third-order valence-electron chi connectivity index (χ3n) is 7.61. The summed E-state index contributed by atoms with van der Waals surface area (Å²) in [6.45, 7) is 4.02. The third kappa shape index (κ3) is 4.67. The second-order valence-electron chi connectivity index (χ2n) is 9.78. The molecule has 2 fully saturated rings. The van der Waals surface area contributed by atoms with E-state index in [4.69, 9.17) is 4.74 Å². The fourth-order valence-corrected chi connectivity index (χ4v) is 5.82. The van der Waals surface area contributed by atoms with Crippen molar-refractivity contribution >= 4 is 0 Å². The molecule has 0 aliphatic heterocycles. The number of fused-ring (bicyclic) bond motifs is 1. The average Bonchev–Trinajstić information content (AvgIpc) is 2.79. The summed E-state index contributed by atoms with van der Waals surface area (Å²) in [5.74, 6) is -2.05. The van der Waals surface area contributed by atoms with Crippen molar-refractivity contribution in [1.29, 1.82) is 0 Å². The summed E-state index contributed by atoms with van der Waals surface area (Å²) in [6, 6.07) is 5.18. The lowest BCUT2D eigenvalue weighted by molar-refractivity contribution is 0.0739. The van der Waals surface area contributed by atoms with Gasteiger partial charge in [-0.2, -0.15) is 4.39 Å². The van der Waals surface area contributed by atoms with E-state index in [-0.39, 0.29) is 22.4 Å². The molecule has 2 aromatic carbocycles. The van der Waals surface area contributed by atoms with Crippen LogP contribution in [0.5, 0.6) is 5.75 Å². The predicted octanol–water partition coefficient (Wildman–Crippen LogP) is 8.23. The van der Waals surface area contributed by atoms with Crippen molar-refractivity contribution in [2.75, 3.05) is 6.61 Å². The molecule has 174 valence electrons. The normalized spacial score (nSPS) is 25.4. The topological polar surface area (TPSA) is 9.23 Å². The van der Waals surface area contributed by atoms with Gasteiger partial charge in [-0.05, 0) is 80.4 Å². The second kappa shape index (κ2) is 9.84. The van der Waals surface area contributed by atoms with Crippen molar-refractivity contribution in [2.24, 2.45) is 23.7 Å². The van der Waals surface area contributed by atoms with Gasteiger partial charge in [0.25, 0.3) is 0 Å². The molecular weight excluding hydrogens is 416 g/mol. The number of ether oxygens (including phenoxy) is 1. The molecule has 4 atom stereocenters. The molecule has 0 spiro atoms. The minimum absolute atomic E-state index is 0.112. The lowest BCUT2D eigenvalue weighted by Crippen LogP contribution is -2.33. The standard InChI is InChI=1S/C27H32F4O/c1-3-4-17-6-8-20-14-18(7-9-19(20)13-17)15-32-23-12-11-22(26(30)27(23)31)21-10-5-16(2)24(28)25(21)29/h5,10-12,17-20H,3-4,6-9,13-15H2,1-2H3. The Balaban J connectivity index is 1.40. The van der Waals surface area contributed by atoms with Gasteiger partial charge in [-0.1, -0.05) is 38.3 Å². The lowest BCUT2D eigenvalue weighted by Gasteiger charge is -2.42. The maximum absolute atomic E-state index is 14.7. The Bertz CT molecular complexity index is 957. The van der Waals surface area contributed by atoms with E-state index in [1.165, 1.54) is 69.7 Å². The Morgan fingerprint density at radius 2 is 1.34 bits per heavy atom. The summed E-state index contributed by atoms with van der Waals surface area (Å²) in [4.78, 5) is 0. The monoisotopic (exact) mass is 448 g/mol. The number of hydrogen-bond acceptors (Lipinski definition) is 1. The van der Waals surface area contributed by atoms with Gasteiger partial charge in [0.05, 0.1) is 6.61 Å². The molecule has 4 unspecified atom stereocenters. The summed E-state index contributed by atoms with van der Waals surface area (Å²) in [5, 5.41) is 0. The Kier molecular flexibility index (Phi) is 7.11. The van der Waals surface area contributed by atoms with Crippen molar-refractivity contribution < 1.29 is 22.3 Å². The van der Waals surface area contributed by atoms with Crippen LogP contribution >= 0.6 is 0 Å². The highest BCUT2D eigenvalue weighted by Gasteiger charge is 2.35. The van der Waals surface area contributed by atoms with Crippen molar-refractivity contribution in [3.63, 3.8) is 0 Å². The van der Waals surface area contributed by atoms with Crippen LogP contribution in [-0.4, -0.2) is 6.61 Å². The molecule has 0 radical (unpaired) electrons. The molecule has 2 aliphatic rings. The SMILES string of the molecule is CCCC1CCC2CC(COc3ccc(-c4ccc(C)c(F)c4F)c(F)c3F)CCC2C1. The van der Waals surface area contributed by atoms with Crippen LogP contribution in [0, 0.1) is 53.9 Å². The van der Waals surface area contributed by atoms with Crippen LogP contribution in [0.25, 0.3) is 11.1 Å². The number of rotatable bonds is 6. The second-order valence-corrected chi connectivity index (χ2v) is 9.78. The average molecular weight is 449 g/mol. The summed E-state index contributed by atoms with van der Waals surface area (Å²) in [6.07, 6.45) is 9.81. The molecule has 0 bridgehead atoms. The minimum atomic E-state index is -1.22. The van der Waals surface area contributed by atoms with E-state index in [1.807, 2.05) is 0 Å². The van der Waals surface area contributed by atoms with Gasteiger partial charge in [0.2, 0.25) is 5.82 Å². The first kappa shape index (κ1) is 23.1. The van der Waals surface area contributed by atoms with Crippen LogP contribution < -0.4 is 4.74 Å². The number of halogens is 4. The van der Waals surface area contributed by atoms with Crippen molar-refractivity contribution in [3.8, 4) is 16.9 Å². The molecule has 2 aromatic rings. The smallest absolute Gasteiger partial charge is 0.201 e. The molecule has 1 nitrogen and oxygen atoms in total. The van der Waals surface area contributed by atoms with Crippen LogP contribution in [0.3, 0.4) is 0 Å². The number of hydrogen-bond donors (Lipinski definition) is 0. The van der Waals surface area contributed by atoms with Gasteiger partial charge in [0.1, 0.15) is 0 Å². The van der Waals surface area contributed by atoms with Crippen molar-refractivity contribution in [1.82, 2.24) is 0 Å². The van der Waals surface area contributed by atoms with Gasteiger partial charge in [-0.3, -0.25) is 0 Å². The molecule has 4 rings (SSSR count). The minimum Gasteiger partial charge on any atom is -0.490 e. The molecule has 32 heavy (non-hydrogen) atoms. The molecule has 2 saturated carbocycles. The molecule has 0 aromatic heterocycles. The Labute approximate surface area is 188 Å². The predicted molar refractivity (Wildman–Crippen MR) is 119 cm³/mol. The first-order valence-electron chi connectivity index (χ1n) is 11.9. The van der Waals surface area contributed by atoms with Crippen molar-refractivity contribution in [2.45, 2.75) is 65.2 Å². The molecule has 0 saturated heterocycles. The van der Waals surface area contributed by atoms with E-state index >= 15 is 0 Å². The van der Waals surface area contributed by atoms with Gasteiger partial charge in [-0.25, -0.2) is 13.2 Å². The highest BCUT2D eigenvalue weighted by atomic mass is 19.2. The molecule has 0 heterocycles. The lowest BCUT2D eigenvalue weighted by atomic mass is 9.64. The summed E-state index contributed by atoms with van der Waals surface area (Å²) in [7, 11) is 0. The third-order valence-corrected chi connectivity index (χ3v) is 7.61. The Hall–Kier alpha value is -2.04. The maximum Gasteiger partial charge on any atom is 0.201 e. The van der Waals surface area contributed by atoms with Gasteiger partial charge in [-0.15, -0.1) is 0 Å². The zero-order valence-corrected chi connectivity index (χ0v) is 18.9. The molecule has 2 aliphatic carbocycles. The Morgan fingerprint density at radius 3 is 2.03 bits per heavy atom. The first-order valence-corrected chi connectivity index (χ1v) is 11.9. The van der Waals surface area contributed by atoms with Crippen molar-refractivity contribution in [3.05, 3.63) is 53.1 Å². The highest BCUT2D eigenvalue weighted by Crippen LogP contribution is 2.46. The molecule has 0 amide bonds. The quantitative estimate of drug-likeness (QED) is 0.404. The fourth-order valence-electron chi connectivity index (χ4n) is 5.82. The van der Waals surface area contributed by atoms with E-state index < -0.39 is 23.3 Å². The van der Waals surface area contributed by atoms with Gasteiger partial charge in [0, 0.05) is 11.1 Å². The number of aryl methyl sites for hydroxylation is 1. The van der Waals surface area contributed by atoms with Gasteiger partial charge in [0.15, 0.2) is 23.2 Å². The first-order chi connectivity index (χ1) is 15.4. The van der Waals surface area contributed by atoms with E-state index in [9.17, 15) is 17.6 Å². The zero-order valence-electron chi connectivity index (χ0n) is 18.9. The summed E-state index contributed by atoms with van der Waals surface area (Å²) < 4.78 is 63.2. The maximum atomic E-state index is 14.7. The van der Waals surface area contributed by atoms with Crippen LogP contribution in [0.15, 0.2) is 24.3 Å². The highest BCUT2D eigenvalue weighted by molar-refractivity contribution is 5.66. The Morgan fingerprint density at radius 1 is 0.750 bits per heavy atom. The molecule has 0 N–H and O–H groups in total. The summed E-state index contributed by atoms with van der Waals surface area (Å²) in [5.41, 5.74) is -0.496. The van der Waals surface area contributed by atoms with Crippen LogP contribution in [0.1, 0.15) is 63.9 Å². The van der Waals surface area contributed by atoms with Crippen LogP contribution in [-0.2, 0) is 0 Å². The largest absolute Gasteiger partial charge is 0.490 e. The summed E-state index contributed by atoms with van der Waals surface area (Å²) >= 11 is 0. The van der Waals surface area contributed by atoms with Gasteiger partial charge < -0.3 is 4.74 Å². The van der Waals surface area contributed by atoms with Crippen LogP contribution in [0.4, 0.5) is 17.6 Å². The zero-order chi connectivity index (χ0) is 22.8. The fraction of sp³-hybridized carbons (Fsp3) is 0.556. The van der Waals surface area contributed by atoms with Crippen LogP contribution in [0.2, 0.25) is 0 Å². The van der Waals surface area contributed by atoms with E-state index in [2.05, 4.69) is 6.92 Å². The van der Waals surface area contributed by atoms with E-state index in [0.717, 1.165) is 24.7 Å². The molecule has 5 heteroatoms. The number of benzene rings is 2. The van der Waals surface area contributed by atoms with E-state index in [1.54, 1.807) is 0 Å². The van der Waals surface area contributed by atoms with E-state index in [0.29, 0.717) is 18.4 Å². The van der Waals surface area contributed by atoms with Gasteiger partial charge >= 0.3 is 0 Å².